The van der Waals surface area contributed by atoms with Gasteiger partial charge in [-0.05, 0) is 25.0 Å². The number of fused-ring (bicyclic) bond motifs is 1. The molecule has 0 saturated carbocycles. The second-order valence-corrected chi connectivity index (χ2v) is 6.54. The first-order valence-corrected chi connectivity index (χ1v) is 9.03. The summed E-state index contributed by atoms with van der Waals surface area (Å²) in [5, 5.41) is 0. The molecule has 1 aromatic carbocycles. The van der Waals surface area contributed by atoms with Crippen LogP contribution in [0.3, 0.4) is 0 Å². The van der Waals surface area contributed by atoms with Crippen molar-refractivity contribution >= 4 is 17.0 Å². The first-order chi connectivity index (χ1) is 13.6. The molecule has 1 unspecified atom stereocenters. The number of aromatic nitrogens is 3. The minimum absolute atomic E-state index is 0.0679. The number of ether oxygens (including phenoxy) is 2. The van der Waals surface area contributed by atoms with E-state index in [1.807, 2.05) is 0 Å². The number of likely N-dealkylation sites (tertiary alicyclic amines) is 1. The Morgan fingerprint density at radius 3 is 2.96 bits per heavy atom. The number of benzene rings is 1. The van der Waals surface area contributed by atoms with Crippen LogP contribution in [0.5, 0.6) is 11.8 Å². The number of oxazole rings is 1. The molecule has 0 radical (unpaired) electrons. The van der Waals surface area contributed by atoms with E-state index in [0.717, 1.165) is 12.8 Å². The average Bonchev–Trinajstić information content (AvgIpc) is 3.03. The molecule has 1 fully saturated rings. The molecule has 4 rings (SSSR count). The molecule has 9 nitrogen and oxygen atoms in total. The van der Waals surface area contributed by atoms with Gasteiger partial charge in [-0.15, -0.1) is 0 Å². The molecule has 0 bridgehead atoms. The van der Waals surface area contributed by atoms with Crippen LogP contribution in [0.2, 0.25) is 0 Å². The number of para-hydroxylation sites is 2. The Morgan fingerprint density at radius 2 is 2.11 bits per heavy atom. The van der Waals surface area contributed by atoms with Gasteiger partial charge in [0.25, 0.3) is 0 Å². The number of amides is 1. The van der Waals surface area contributed by atoms with Crippen LogP contribution < -0.4 is 15.2 Å². The van der Waals surface area contributed by atoms with Gasteiger partial charge in [-0.3, -0.25) is 14.3 Å². The summed E-state index contributed by atoms with van der Waals surface area (Å²) in [6.45, 7) is 0.969. The third-order valence-electron chi connectivity index (χ3n) is 4.68. The summed E-state index contributed by atoms with van der Waals surface area (Å²) in [5.41, 5.74) is 1.08. The molecule has 28 heavy (non-hydrogen) atoms. The molecule has 1 aliphatic heterocycles. The van der Waals surface area contributed by atoms with E-state index >= 15 is 0 Å². The van der Waals surface area contributed by atoms with Gasteiger partial charge >= 0.3 is 5.76 Å². The van der Waals surface area contributed by atoms with Crippen molar-refractivity contribution in [2.75, 3.05) is 20.2 Å². The van der Waals surface area contributed by atoms with Crippen LogP contribution in [-0.2, 0) is 11.3 Å². The van der Waals surface area contributed by atoms with Crippen molar-refractivity contribution in [3.63, 3.8) is 0 Å². The van der Waals surface area contributed by atoms with Crippen LogP contribution in [0.25, 0.3) is 11.1 Å². The summed E-state index contributed by atoms with van der Waals surface area (Å²) < 4.78 is 17.5. The maximum absolute atomic E-state index is 12.8. The Balaban J connectivity index is 1.44. The van der Waals surface area contributed by atoms with Gasteiger partial charge in [0.2, 0.25) is 17.7 Å². The Morgan fingerprint density at radius 1 is 1.29 bits per heavy atom. The summed E-state index contributed by atoms with van der Waals surface area (Å²) >= 11 is 0. The van der Waals surface area contributed by atoms with Crippen molar-refractivity contribution in [1.82, 2.24) is 19.4 Å². The van der Waals surface area contributed by atoms with E-state index in [4.69, 9.17) is 13.9 Å². The number of hydrogen-bond donors (Lipinski definition) is 0. The van der Waals surface area contributed by atoms with Gasteiger partial charge in [-0.1, -0.05) is 12.1 Å². The van der Waals surface area contributed by atoms with Crippen molar-refractivity contribution < 1.29 is 18.7 Å². The fourth-order valence-electron chi connectivity index (χ4n) is 3.32. The smallest absolute Gasteiger partial charge is 0.420 e. The number of rotatable bonds is 5. The van der Waals surface area contributed by atoms with Gasteiger partial charge in [0.1, 0.15) is 12.6 Å². The molecule has 0 spiro atoms. The minimum atomic E-state index is -0.536. The number of carbonyl (C=O) groups is 1. The molecule has 3 heterocycles. The summed E-state index contributed by atoms with van der Waals surface area (Å²) in [4.78, 5) is 34.8. The molecular formula is C19H20N4O5. The molecule has 1 aliphatic rings. The largest absolute Gasteiger partial charge is 0.480 e. The van der Waals surface area contributed by atoms with Gasteiger partial charge in [0.15, 0.2) is 5.58 Å². The first kappa shape index (κ1) is 18.0. The second-order valence-electron chi connectivity index (χ2n) is 6.54. The second kappa shape index (κ2) is 7.71. The summed E-state index contributed by atoms with van der Waals surface area (Å²) in [6, 6.07) is 7.05. The van der Waals surface area contributed by atoms with E-state index in [9.17, 15) is 9.59 Å². The molecule has 1 amide bonds. The Kier molecular flexibility index (Phi) is 4.96. The molecule has 0 N–H and O–H groups in total. The zero-order chi connectivity index (χ0) is 19.5. The van der Waals surface area contributed by atoms with E-state index < -0.39 is 5.76 Å². The van der Waals surface area contributed by atoms with Crippen molar-refractivity contribution in [3.05, 3.63) is 47.2 Å². The minimum Gasteiger partial charge on any atom is -0.480 e. The van der Waals surface area contributed by atoms with Crippen LogP contribution in [0.4, 0.5) is 0 Å². The van der Waals surface area contributed by atoms with Gasteiger partial charge < -0.3 is 18.8 Å². The van der Waals surface area contributed by atoms with Crippen LogP contribution in [0.1, 0.15) is 12.8 Å². The maximum Gasteiger partial charge on any atom is 0.420 e. The molecule has 1 saturated heterocycles. The predicted molar refractivity (Wildman–Crippen MR) is 99.3 cm³/mol. The number of carbonyl (C=O) groups excluding carboxylic acids is 1. The van der Waals surface area contributed by atoms with Crippen molar-refractivity contribution in [1.29, 1.82) is 0 Å². The summed E-state index contributed by atoms with van der Waals surface area (Å²) in [6.07, 6.45) is 4.42. The van der Waals surface area contributed by atoms with Crippen LogP contribution >= 0.6 is 0 Å². The van der Waals surface area contributed by atoms with Gasteiger partial charge in [-0.25, -0.2) is 4.79 Å². The highest BCUT2D eigenvalue weighted by Gasteiger charge is 2.26. The molecule has 9 heteroatoms. The molecule has 0 aliphatic carbocycles. The fourth-order valence-corrected chi connectivity index (χ4v) is 3.32. The quantitative estimate of drug-likeness (QED) is 0.657. The van der Waals surface area contributed by atoms with Crippen molar-refractivity contribution in [2.24, 2.45) is 0 Å². The van der Waals surface area contributed by atoms with Crippen molar-refractivity contribution in [3.8, 4) is 11.8 Å². The standard InChI is InChI=1S/C19H20N4O5/c1-26-16-9-20-10-17(21-16)27-13-5-4-8-22(11-13)18(24)12-23-14-6-2-3-7-15(14)28-19(23)25/h2-3,6-7,9-10,13H,4-5,8,11-12H2,1H3. The Bertz CT molecular complexity index is 1040. The molecular weight excluding hydrogens is 364 g/mol. The third-order valence-corrected chi connectivity index (χ3v) is 4.68. The monoisotopic (exact) mass is 384 g/mol. The number of methoxy groups -OCH3 is 1. The van der Waals surface area contributed by atoms with E-state index in [1.165, 1.54) is 24.1 Å². The fraction of sp³-hybridized carbons (Fsp3) is 0.368. The van der Waals surface area contributed by atoms with Gasteiger partial charge in [0, 0.05) is 6.54 Å². The highest BCUT2D eigenvalue weighted by molar-refractivity contribution is 5.79. The first-order valence-electron chi connectivity index (χ1n) is 9.03. The predicted octanol–water partition coefficient (Wildman–Crippen LogP) is 1.46. The molecule has 146 valence electrons. The van der Waals surface area contributed by atoms with Gasteiger partial charge in [0.05, 0.1) is 31.6 Å². The number of piperidine rings is 1. The van der Waals surface area contributed by atoms with Crippen LogP contribution in [-0.4, -0.2) is 51.6 Å². The highest BCUT2D eigenvalue weighted by Crippen LogP contribution is 2.19. The lowest BCUT2D eigenvalue weighted by Gasteiger charge is -2.32. The van der Waals surface area contributed by atoms with Gasteiger partial charge in [-0.2, -0.15) is 4.98 Å². The Hall–Kier alpha value is -3.36. The Labute approximate surface area is 160 Å². The van der Waals surface area contributed by atoms with E-state index in [1.54, 1.807) is 29.2 Å². The lowest BCUT2D eigenvalue weighted by Crippen LogP contribution is -2.46. The highest BCUT2D eigenvalue weighted by atomic mass is 16.5. The third kappa shape index (κ3) is 3.68. The summed E-state index contributed by atoms with van der Waals surface area (Å²) in [5.74, 6) is 0.0350. The average molecular weight is 384 g/mol. The van der Waals surface area contributed by atoms with Crippen LogP contribution in [0.15, 0.2) is 45.9 Å². The maximum atomic E-state index is 12.8. The number of hydrogen-bond acceptors (Lipinski definition) is 7. The molecule has 2 aromatic heterocycles. The normalized spacial score (nSPS) is 16.9. The van der Waals surface area contributed by atoms with E-state index in [0.29, 0.717) is 35.9 Å². The van der Waals surface area contributed by atoms with E-state index in [2.05, 4.69) is 9.97 Å². The molecule has 3 aromatic rings. The lowest BCUT2D eigenvalue weighted by atomic mass is 10.1. The topological polar surface area (TPSA) is 99.7 Å². The number of nitrogens with zero attached hydrogens (tertiary/aromatic N) is 4. The van der Waals surface area contributed by atoms with E-state index in [-0.39, 0.29) is 18.6 Å². The van der Waals surface area contributed by atoms with Crippen LogP contribution in [0, 0.1) is 0 Å². The SMILES string of the molecule is COc1cncc(OC2CCCN(C(=O)Cn3c(=O)oc4ccccc43)C2)n1. The lowest BCUT2D eigenvalue weighted by molar-refractivity contribution is -0.134. The zero-order valence-electron chi connectivity index (χ0n) is 15.4. The van der Waals surface area contributed by atoms with Crippen molar-refractivity contribution in [2.45, 2.75) is 25.5 Å². The zero-order valence-corrected chi connectivity index (χ0v) is 15.4. The summed E-state index contributed by atoms with van der Waals surface area (Å²) in [7, 11) is 1.51. The molecule has 1 atom stereocenters.